The van der Waals surface area contributed by atoms with E-state index in [1.54, 1.807) is 23.0 Å². The number of aromatic nitrogens is 2. The van der Waals surface area contributed by atoms with Gasteiger partial charge >= 0.3 is 0 Å². The highest BCUT2D eigenvalue weighted by Crippen LogP contribution is 2.27. The van der Waals surface area contributed by atoms with Gasteiger partial charge in [-0.25, -0.2) is 0 Å². The molecule has 0 atom stereocenters. The van der Waals surface area contributed by atoms with Crippen molar-refractivity contribution in [2.45, 2.75) is 32.4 Å². The summed E-state index contributed by atoms with van der Waals surface area (Å²) in [6.45, 7) is 7.10. The number of fused-ring (bicyclic) bond motifs is 1. The van der Waals surface area contributed by atoms with Crippen molar-refractivity contribution in [2.24, 2.45) is 0 Å². The predicted molar refractivity (Wildman–Crippen MR) is 147 cm³/mol. The van der Waals surface area contributed by atoms with Crippen molar-refractivity contribution in [3.63, 3.8) is 0 Å². The number of aryl methyl sites for hydroxylation is 1. The van der Waals surface area contributed by atoms with E-state index in [-0.39, 0.29) is 12.2 Å². The first kappa shape index (κ1) is 25.7. The molecule has 1 aliphatic carbocycles. The number of hydrogen-bond donors (Lipinski definition) is 1. The Kier molecular flexibility index (Phi) is 8.68. The number of halogens is 1. The summed E-state index contributed by atoms with van der Waals surface area (Å²) >= 11 is 5.87. The van der Waals surface area contributed by atoms with Crippen LogP contribution in [0.3, 0.4) is 0 Å². The minimum atomic E-state index is -0.103. The number of pyridine rings is 2. The maximum absolute atomic E-state index is 12.8. The highest BCUT2D eigenvalue weighted by Gasteiger charge is 2.14. The Morgan fingerprint density at radius 1 is 1.08 bits per heavy atom. The second-order valence-corrected chi connectivity index (χ2v) is 9.92. The quantitative estimate of drug-likeness (QED) is 0.403. The van der Waals surface area contributed by atoms with Crippen LogP contribution in [-0.2, 0) is 24.3 Å². The highest BCUT2D eigenvalue weighted by molar-refractivity contribution is 6.30. The van der Waals surface area contributed by atoms with E-state index < -0.39 is 0 Å². The van der Waals surface area contributed by atoms with Gasteiger partial charge in [0.2, 0.25) is 0 Å². The second kappa shape index (κ2) is 12.5. The van der Waals surface area contributed by atoms with Gasteiger partial charge in [0.25, 0.3) is 5.56 Å². The molecular formula is C29H33ClN4O3. The summed E-state index contributed by atoms with van der Waals surface area (Å²) in [5.74, 6) is 0.525. The van der Waals surface area contributed by atoms with Crippen LogP contribution in [0.4, 0.5) is 0 Å². The first-order valence-electron chi connectivity index (χ1n) is 12.9. The fourth-order valence-electron chi connectivity index (χ4n) is 4.75. The van der Waals surface area contributed by atoms with Gasteiger partial charge in [0.05, 0.1) is 23.9 Å². The molecule has 8 heteroatoms. The van der Waals surface area contributed by atoms with E-state index >= 15 is 0 Å². The topological polar surface area (TPSA) is 68.6 Å². The minimum Gasteiger partial charge on any atom is -0.487 e. The molecule has 3 aromatic rings. The predicted octanol–water partition coefficient (Wildman–Crippen LogP) is 4.23. The maximum atomic E-state index is 12.8. The zero-order valence-electron chi connectivity index (χ0n) is 21.0. The molecule has 5 rings (SSSR count). The van der Waals surface area contributed by atoms with Crippen molar-refractivity contribution in [3.8, 4) is 5.75 Å². The Hall–Kier alpha value is -2.97. The van der Waals surface area contributed by atoms with Crippen molar-refractivity contribution in [1.82, 2.24) is 19.8 Å². The lowest BCUT2D eigenvalue weighted by molar-refractivity contribution is 0.0374. The van der Waals surface area contributed by atoms with Crippen LogP contribution < -0.4 is 15.6 Å². The molecule has 0 amide bonds. The molecule has 0 bridgehead atoms. The summed E-state index contributed by atoms with van der Waals surface area (Å²) in [5.41, 5.74) is 5.46. The first-order chi connectivity index (χ1) is 18.1. The number of nitrogens with one attached hydrogen (secondary N) is 1. The molecule has 0 radical (unpaired) electrons. The Labute approximate surface area is 222 Å². The van der Waals surface area contributed by atoms with Gasteiger partial charge in [0.15, 0.2) is 0 Å². The van der Waals surface area contributed by atoms with Gasteiger partial charge in [-0.15, -0.1) is 0 Å². The van der Waals surface area contributed by atoms with E-state index in [1.165, 1.54) is 22.8 Å². The lowest BCUT2D eigenvalue weighted by Gasteiger charge is -2.26. The van der Waals surface area contributed by atoms with Gasteiger partial charge in [-0.3, -0.25) is 19.2 Å². The highest BCUT2D eigenvalue weighted by atomic mass is 35.5. The normalized spacial score (nSPS) is 15.8. The second-order valence-electron chi connectivity index (χ2n) is 9.48. The minimum absolute atomic E-state index is 0.103. The Bertz CT molecular complexity index is 1280. The molecule has 37 heavy (non-hydrogen) atoms. The zero-order valence-corrected chi connectivity index (χ0v) is 21.8. The molecule has 1 aliphatic heterocycles. The third-order valence-electron chi connectivity index (χ3n) is 6.82. The summed E-state index contributed by atoms with van der Waals surface area (Å²) in [4.78, 5) is 19.5. The third-order valence-corrected chi connectivity index (χ3v) is 7.04. The van der Waals surface area contributed by atoms with Gasteiger partial charge in [-0.2, -0.15) is 0 Å². The lowest BCUT2D eigenvalue weighted by Crippen LogP contribution is -2.37. The fourth-order valence-corrected chi connectivity index (χ4v) is 4.86. The molecule has 1 saturated heterocycles. The molecular weight excluding hydrogens is 488 g/mol. The van der Waals surface area contributed by atoms with Crippen LogP contribution in [-0.4, -0.2) is 53.8 Å². The summed E-state index contributed by atoms with van der Waals surface area (Å²) in [7, 11) is 0. The number of nitrogens with zero attached hydrogens (tertiary/aromatic N) is 3. The van der Waals surface area contributed by atoms with E-state index in [0.717, 1.165) is 76.6 Å². The standard InChI is InChI=1S/C29H33ClN4O3/c30-25-5-6-26(32-20-25)21-37-28-8-11-34(29(35)18-28)27-7-4-23-16-22(2-3-24(23)17-27)19-31-9-1-10-33-12-14-36-15-13-33/h2-3,5-6,8,11,16-18,20,31H,1,4,7,9-10,12-15,19,21H2. The van der Waals surface area contributed by atoms with Gasteiger partial charge in [0.1, 0.15) is 12.4 Å². The average Bonchev–Trinajstić information content (AvgIpc) is 2.93. The molecule has 1 N–H and O–H groups in total. The largest absolute Gasteiger partial charge is 0.487 e. The fraction of sp³-hybridized carbons (Fsp3) is 0.379. The Morgan fingerprint density at radius 2 is 1.97 bits per heavy atom. The van der Waals surface area contributed by atoms with Crippen molar-refractivity contribution >= 4 is 23.4 Å². The number of benzene rings is 1. The molecule has 0 saturated carbocycles. The summed E-state index contributed by atoms with van der Waals surface area (Å²) in [6, 6.07) is 13.6. The van der Waals surface area contributed by atoms with Crippen LogP contribution in [0.25, 0.3) is 11.8 Å². The number of allylic oxidation sites excluding steroid dienone is 1. The van der Waals surface area contributed by atoms with Crippen molar-refractivity contribution in [3.05, 3.63) is 92.6 Å². The molecule has 0 unspecified atom stereocenters. The van der Waals surface area contributed by atoms with Crippen molar-refractivity contribution in [2.75, 3.05) is 39.4 Å². The molecule has 2 aliphatic rings. The molecule has 7 nitrogen and oxygen atoms in total. The SMILES string of the molecule is O=c1cc(OCc2ccc(Cl)cn2)ccn1C1=Cc2ccc(CNCCCN3CCOCC3)cc2CC1. The van der Waals surface area contributed by atoms with E-state index in [1.807, 2.05) is 12.1 Å². The van der Waals surface area contributed by atoms with Crippen LogP contribution in [0.5, 0.6) is 5.75 Å². The van der Waals surface area contributed by atoms with Gasteiger partial charge in [-0.05, 0) is 73.3 Å². The Morgan fingerprint density at radius 3 is 2.78 bits per heavy atom. The van der Waals surface area contributed by atoms with Crippen LogP contribution >= 0.6 is 11.6 Å². The average molecular weight is 521 g/mol. The van der Waals surface area contributed by atoms with Crippen LogP contribution in [0, 0.1) is 0 Å². The monoisotopic (exact) mass is 520 g/mol. The van der Waals surface area contributed by atoms with E-state index in [2.05, 4.69) is 39.5 Å². The van der Waals surface area contributed by atoms with E-state index in [4.69, 9.17) is 21.1 Å². The van der Waals surface area contributed by atoms with E-state index in [9.17, 15) is 4.79 Å². The van der Waals surface area contributed by atoms with Crippen molar-refractivity contribution in [1.29, 1.82) is 0 Å². The van der Waals surface area contributed by atoms with Crippen LogP contribution in [0.15, 0.2) is 59.7 Å². The molecule has 194 valence electrons. The molecule has 1 fully saturated rings. The maximum Gasteiger partial charge on any atom is 0.258 e. The smallest absolute Gasteiger partial charge is 0.258 e. The summed E-state index contributed by atoms with van der Waals surface area (Å²) in [6.07, 6.45) is 8.38. The molecule has 2 aromatic heterocycles. The number of morpholine rings is 1. The van der Waals surface area contributed by atoms with Gasteiger partial charge in [0, 0.05) is 43.8 Å². The Balaban J connectivity index is 1.14. The number of hydrogen-bond acceptors (Lipinski definition) is 6. The zero-order chi connectivity index (χ0) is 25.5. The van der Waals surface area contributed by atoms with Crippen molar-refractivity contribution < 1.29 is 9.47 Å². The number of ether oxygens (including phenoxy) is 2. The first-order valence-corrected chi connectivity index (χ1v) is 13.3. The van der Waals surface area contributed by atoms with Crippen LogP contribution in [0.1, 0.15) is 35.2 Å². The van der Waals surface area contributed by atoms with Gasteiger partial charge in [-0.1, -0.05) is 29.8 Å². The molecule has 0 spiro atoms. The molecule has 1 aromatic carbocycles. The lowest BCUT2D eigenvalue weighted by atomic mass is 9.93. The van der Waals surface area contributed by atoms with Gasteiger partial charge < -0.3 is 14.8 Å². The summed E-state index contributed by atoms with van der Waals surface area (Å²) < 4.78 is 12.9. The number of rotatable bonds is 10. The summed E-state index contributed by atoms with van der Waals surface area (Å²) in [5, 5.41) is 4.16. The third kappa shape index (κ3) is 7.08. The van der Waals surface area contributed by atoms with Crippen LogP contribution in [0.2, 0.25) is 5.02 Å². The van der Waals surface area contributed by atoms with E-state index in [0.29, 0.717) is 10.8 Å². The molecule has 3 heterocycles.